The molecule has 0 saturated carbocycles. The fraction of sp³-hybridized carbons (Fsp3) is 0.235. The van der Waals surface area contributed by atoms with Gasteiger partial charge in [0.15, 0.2) is 0 Å². The number of nitrogens with zero attached hydrogens (tertiary/aromatic N) is 3. The normalized spacial score (nSPS) is 11.0. The van der Waals surface area contributed by atoms with E-state index in [1.54, 1.807) is 10.9 Å². The van der Waals surface area contributed by atoms with Crippen molar-refractivity contribution >= 4 is 50.0 Å². The van der Waals surface area contributed by atoms with Crippen molar-refractivity contribution in [2.24, 2.45) is 0 Å². The number of pyridine rings is 1. The molecule has 124 valence electrons. The molecule has 1 amide bonds. The van der Waals surface area contributed by atoms with Crippen LogP contribution in [0.15, 0.2) is 34.9 Å². The highest BCUT2D eigenvalue weighted by Crippen LogP contribution is 2.28. The lowest BCUT2D eigenvalue weighted by Gasteiger charge is -2.10. The minimum atomic E-state index is -0.0899. The zero-order chi connectivity index (χ0) is 17.3. The molecular formula is C17H16BrClN4O. The molecule has 0 aliphatic rings. The minimum Gasteiger partial charge on any atom is -0.324 e. The third kappa shape index (κ3) is 3.30. The number of carbonyl (C=O) groups is 1. The monoisotopic (exact) mass is 406 g/mol. The van der Waals surface area contributed by atoms with E-state index in [9.17, 15) is 4.79 Å². The maximum absolute atomic E-state index is 12.3. The average molecular weight is 408 g/mol. The second-order valence-electron chi connectivity index (χ2n) is 5.50. The summed E-state index contributed by atoms with van der Waals surface area (Å²) in [5, 5.41) is 8.87. The van der Waals surface area contributed by atoms with E-state index in [4.69, 9.17) is 11.6 Å². The fourth-order valence-corrected chi connectivity index (χ4v) is 3.14. The Morgan fingerprint density at radius 1 is 1.33 bits per heavy atom. The third-order valence-electron chi connectivity index (χ3n) is 3.83. The van der Waals surface area contributed by atoms with E-state index >= 15 is 0 Å². The summed E-state index contributed by atoms with van der Waals surface area (Å²) in [4.78, 5) is 16.7. The minimum absolute atomic E-state index is 0.0899. The highest BCUT2D eigenvalue weighted by molar-refractivity contribution is 9.10. The molecule has 1 aromatic carbocycles. The summed E-state index contributed by atoms with van der Waals surface area (Å²) < 4.78 is 2.70. The van der Waals surface area contributed by atoms with Gasteiger partial charge < -0.3 is 5.32 Å². The Morgan fingerprint density at radius 2 is 2.12 bits per heavy atom. The topological polar surface area (TPSA) is 59.8 Å². The largest absolute Gasteiger partial charge is 0.324 e. The van der Waals surface area contributed by atoms with Crippen molar-refractivity contribution in [1.29, 1.82) is 0 Å². The Morgan fingerprint density at radius 3 is 2.83 bits per heavy atom. The van der Waals surface area contributed by atoms with Crippen LogP contribution in [0.2, 0.25) is 5.02 Å². The van der Waals surface area contributed by atoms with Gasteiger partial charge in [-0.1, -0.05) is 33.6 Å². The van der Waals surface area contributed by atoms with Crippen molar-refractivity contribution in [3.63, 3.8) is 0 Å². The molecule has 0 aliphatic heterocycles. The first-order chi connectivity index (χ1) is 11.5. The maximum atomic E-state index is 12.3. The Hall–Kier alpha value is -1.92. The maximum Gasteiger partial charge on any atom is 0.226 e. The van der Waals surface area contributed by atoms with Crippen LogP contribution in [-0.2, 0) is 11.3 Å². The Kier molecular flexibility index (Phi) is 4.87. The van der Waals surface area contributed by atoms with E-state index in [-0.39, 0.29) is 5.91 Å². The van der Waals surface area contributed by atoms with Crippen LogP contribution in [0.1, 0.15) is 17.8 Å². The number of carbonyl (C=O) groups excluding carboxylic acids is 1. The molecule has 0 saturated heterocycles. The van der Waals surface area contributed by atoms with E-state index in [1.807, 2.05) is 38.1 Å². The third-order valence-corrected chi connectivity index (χ3v) is 5.07. The number of rotatable bonds is 4. The molecule has 7 heteroatoms. The molecule has 0 fully saturated rings. The number of amides is 1. The van der Waals surface area contributed by atoms with Crippen molar-refractivity contribution in [2.45, 2.75) is 26.8 Å². The Labute approximate surface area is 153 Å². The molecule has 0 radical (unpaired) electrons. The average Bonchev–Trinajstić information content (AvgIpc) is 2.83. The van der Waals surface area contributed by atoms with Crippen LogP contribution in [0.4, 0.5) is 5.69 Å². The fourth-order valence-electron chi connectivity index (χ4n) is 2.55. The van der Waals surface area contributed by atoms with E-state index in [2.05, 4.69) is 31.3 Å². The molecule has 0 aliphatic carbocycles. The van der Waals surface area contributed by atoms with Crippen LogP contribution in [0.25, 0.3) is 10.9 Å². The van der Waals surface area contributed by atoms with Crippen LogP contribution < -0.4 is 5.32 Å². The number of benzene rings is 1. The lowest BCUT2D eigenvalue weighted by molar-refractivity contribution is -0.116. The molecule has 1 N–H and O–H groups in total. The van der Waals surface area contributed by atoms with Gasteiger partial charge >= 0.3 is 0 Å². The summed E-state index contributed by atoms with van der Waals surface area (Å²) in [7, 11) is 0. The van der Waals surface area contributed by atoms with E-state index in [0.29, 0.717) is 23.7 Å². The summed E-state index contributed by atoms with van der Waals surface area (Å²) in [5.41, 5.74) is 3.11. The van der Waals surface area contributed by atoms with Crippen molar-refractivity contribution in [3.05, 3.63) is 51.3 Å². The van der Waals surface area contributed by atoms with Crippen molar-refractivity contribution in [2.75, 3.05) is 5.32 Å². The van der Waals surface area contributed by atoms with Gasteiger partial charge in [0.05, 0.1) is 34.2 Å². The smallest absolute Gasteiger partial charge is 0.226 e. The molecule has 3 rings (SSSR count). The molecule has 0 bridgehead atoms. The van der Waals surface area contributed by atoms with Crippen molar-refractivity contribution < 1.29 is 4.79 Å². The molecule has 3 aromatic rings. The predicted molar refractivity (Wildman–Crippen MR) is 99.4 cm³/mol. The summed E-state index contributed by atoms with van der Waals surface area (Å²) in [6, 6.07) is 7.57. The van der Waals surface area contributed by atoms with Crippen molar-refractivity contribution in [1.82, 2.24) is 14.8 Å². The van der Waals surface area contributed by atoms with E-state index in [1.165, 1.54) is 0 Å². The van der Waals surface area contributed by atoms with E-state index in [0.717, 1.165) is 26.8 Å². The second kappa shape index (κ2) is 6.91. The quantitative estimate of drug-likeness (QED) is 0.693. The van der Waals surface area contributed by atoms with Gasteiger partial charge in [0.1, 0.15) is 0 Å². The Bertz CT molecular complexity index is 922. The van der Waals surface area contributed by atoms with Crippen LogP contribution in [0, 0.1) is 13.8 Å². The molecule has 0 atom stereocenters. The first-order valence-electron chi connectivity index (χ1n) is 7.50. The van der Waals surface area contributed by atoms with Gasteiger partial charge in [-0.3, -0.25) is 14.5 Å². The zero-order valence-electron chi connectivity index (χ0n) is 13.3. The number of anilines is 1. The molecule has 2 heterocycles. The highest BCUT2D eigenvalue weighted by atomic mass is 79.9. The number of hydrogen-bond acceptors (Lipinski definition) is 3. The standard InChI is InChI=1S/C17H16BrClN4O/c1-10-16(19)11(2)23(22-10)9-7-15(24)21-14-6-5-13(18)12-4-3-8-20-17(12)14/h3-6,8H,7,9H2,1-2H3,(H,21,24). The second-order valence-corrected chi connectivity index (χ2v) is 6.73. The number of halogens is 2. The molecule has 0 unspecified atom stereocenters. The summed E-state index contributed by atoms with van der Waals surface area (Å²) >= 11 is 9.63. The molecule has 2 aromatic heterocycles. The SMILES string of the molecule is Cc1nn(CCC(=O)Nc2ccc(Br)c3cccnc23)c(C)c1Cl. The number of hydrogen-bond donors (Lipinski definition) is 1. The first kappa shape index (κ1) is 16.9. The predicted octanol–water partition coefficient (Wildman–Crippen LogP) is 4.49. The van der Waals surface area contributed by atoms with Gasteiger partial charge in [0.2, 0.25) is 5.91 Å². The summed E-state index contributed by atoms with van der Waals surface area (Å²) in [5.74, 6) is -0.0899. The first-order valence-corrected chi connectivity index (χ1v) is 8.67. The van der Waals surface area contributed by atoms with Crippen LogP contribution >= 0.6 is 27.5 Å². The van der Waals surface area contributed by atoms with E-state index < -0.39 is 0 Å². The lowest BCUT2D eigenvalue weighted by atomic mass is 10.2. The molecule has 0 spiro atoms. The van der Waals surface area contributed by atoms with Gasteiger partial charge in [-0.25, -0.2) is 0 Å². The highest BCUT2D eigenvalue weighted by Gasteiger charge is 2.12. The number of nitrogens with one attached hydrogen (secondary N) is 1. The molecule has 24 heavy (non-hydrogen) atoms. The lowest BCUT2D eigenvalue weighted by Crippen LogP contribution is -2.16. The summed E-state index contributed by atoms with van der Waals surface area (Å²) in [6.07, 6.45) is 2.02. The van der Waals surface area contributed by atoms with Gasteiger partial charge in [0, 0.05) is 22.5 Å². The van der Waals surface area contributed by atoms with Gasteiger partial charge in [-0.2, -0.15) is 5.10 Å². The number of aromatic nitrogens is 3. The number of aryl methyl sites for hydroxylation is 2. The summed E-state index contributed by atoms with van der Waals surface area (Å²) in [6.45, 7) is 4.23. The van der Waals surface area contributed by atoms with Gasteiger partial charge in [-0.15, -0.1) is 0 Å². The molecular weight excluding hydrogens is 392 g/mol. The van der Waals surface area contributed by atoms with Crippen LogP contribution in [0.5, 0.6) is 0 Å². The molecule has 5 nitrogen and oxygen atoms in total. The van der Waals surface area contributed by atoms with Gasteiger partial charge in [0.25, 0.3) is 0 Å². The van der Waals surface area contributed by atoms with Gasteiger partial charge in [-0.05, 0) is 32.0 Å². The Balaban J connectivity index is 1.74. The van der Waals surface area contributed by atoms with Crippen molar-refractivity contribution in [3.8, 4) is 0 Å². The zero-order valence-corrected chi connectivity index (χ0v) is 15.6. The van der Waals surface area contributed by atoms with Crippen LogP contribution in [-0.4, -0.2) is 20.7 Å². The number of fused-ring (bicyclic) bond motifs is 1. The van der Waals surface area contributed by atoms with Crippen LogP contribution in [0.3, 0.4) is 0 Å².